The first-order valence-corrected chi connectivity index (χ1v) is 11.2. The van der Waals surface area contributed by atoms with E-state index >= 15 is 0 Å². The predicted octanol–water partition coefficient (Wildman–Crippen LogP) is 4.20. The van der Waals surface area contributed by atoms with Gasteiger partial charge in [0.05, 0.1) is 32.2 Å². The average molecular weight is 489 g/mol. The number of nitrogens with zero attached hydrogens (tertiary/aromatic N) is 3. The van der Waals surface area contributed by atoms with Gasteiger partial charge in [0.2, 0.25) is 0 Å². The number of rotatable bonds is 5. The number of non-ortho nitro benzene ring substituents is 1. The van der Waals surface area contributed by atoms with E-state index in [0.717, 1.165) is 30.3 Å². The average Bonchev–Trinajstić information content (AvgIpc) is 2.75. The molecule has 0 bridgehead atoms. The minimum absolute atomic E-state index is 0.167. The van der Waals surface area contributed by atoms with Gasteiger partial charge in [0.1, 0.15) is 16.5 Å². The Kier molecular flexibility index (Phi) is 5.60. The molecular formula is C21H14ClFN4O5S. The van der Waals surface area contributed by atoms with Crippen LogP contribution in [0.4, 0.5) is 15.8 Å². The van der Waals surface area contributed by atoms with E-state index in [1.54, 1.807) is 31.2 Å². The number of nitro benzene ring substituents is 1. The fraction of sp³-hybridized carbons (Fsp3) is 0.0476. The Morgan fingerprint density at radius 3 is 2.58 bits per heavy atom. The molecule has 4 aromatic rings. The SMILES string of the molecule is Cc1nc2ccccc2c(=O)n1-c1ccc(F)c(NS(=O)(=O)c2cc([N+](=O)[O-])ccc2Cl)c1. The lowest BCUT2D eigenvalue weighted by Crippen LogP contribution is -2.22. The smallest absolute Gasteiger partial charge is 0.270 e. The molecule has 1 N–H and O–H groups in total. The van der Waals surface area contributed by atoms with E-state index in [1.165, 1.54) is 10.6 Å². The van der Waals surface area contributed by atoms with Crippen molar-refractivity contribution < 1.29 is 17.7 Å². The summed E-state index contributed by atoms with van der Waals surface area (Å²) < 4.78 is 43.5. The maximum atomic E-state index is 14.5. The third kappa shape index (κ3) is 4.15. The molecule has 3 aromatic carbocycles. The molecule has 0 saturated heterocycles. The molecule has 1 heterocycles. The zero-order chi connectivity index (χ0) is 23.9. The fourth-order valence-corrected chi connectivity index (χ4v) is 4.87. The van der Waals surface area contributed by atoms with Crippen LogP contribution in [0.1, 0.15) is 5.82 Å². The topological polar surface area (TPSA) is 124 Å². The molecule has 0 unspecified atom stereocenters. The van der Waals surface area contributed by atoms with Crippen LogP contribution in [0, 0.1) is 22.9 Å². The summed E-state index contributed by atoms with van der Waals surface area (Å²) in [6.07, 6.45) is 0. The molecular weight excluding hydrogens is 475 g/mol. The molecule has 0 fully saturated rings. The second-order valence-corrected chi connectivity index (χ2v) is 9.02. The lowest BCUT2D eigenvalue weighted by molar-refractivity contribution is -0.385. The van der Waals surface area contributed by atoms with Crippen LogP contribution in [0.15, 0.2) is 70.4 Å². The van der Waals surface area contributed by atoms with Crippen LogP contribution < -0.4 is 10.3 Å². The molecule has 0 spiro atoms. The van der Waals surface area contributed by atoms with E-state index in [0.29, 0.717) is 16.7 Å². The molecule has 0 amide bonds. The second kappa shape index (κ2) is 8.26. The van der Waals surface area contributed by atoms with Crippen LogP contribution in [-0.2, 0) is 10.0 Å². The Hall–Kier alpha value is -3.83. The highest BCUT2D eigenvalue weighted by molar-refractivity contribution is 7.92. The van der Waals surface area contributed by atoms with Gasteiger partial charge in [-0.1, -0.05) is 23.7 Å². The highest BCUT2D eigenvalue weighted by Gasteiger charge is 2.23. The van der Waals surface area contributed by atoms with Crippen molar-refractivity contribution in [1.82, 2.24) is 9.55 Å². The normalized spacial score (nSPS) is 11.5. The summed E-state index contributed by atoms with van der Waals surface area (Å²) in [5.74, 6) is -0.621. The summed E-state index contributed by atoms with van der Waals surface area (Å²) in [6, 6.07) is 13.0. The number of hydrogen-bond donors (Lipinski definition) is 1. The highest BCUT2D eigenvalue weighted by atomic mass is 35.5. The van der Waals surface area contributed by atoms with Crippen LogP contribution in [-0.4, -0.2) is 22.9 Å². The van der Waals surface area contributed by atoms with Crippen molar-refractivity contribution in [1.29, 1.82) is 0 Å². The van der Waals surface area contributed by atoms with Crippen molar-refractivity contribution in [2.75, 3.05) is 4.72 Å². The van der Waals surface area contributed by atoms with Crippen molar-refractivity contribution in [3.63, 3.8) is 0 Å². The van der Waals surface area contributed by atoms with Crippen molar-refractivity contribution in [2.24, 2.45) is 0 Å². The zero-order valence-electron chi connectivity index (χ0n) is 16.8. The number of aryl methyl sites for hydroxylation is 1. The summed E-state index contributed by atoms with van der Waals surface area (Å²) in [5, 5.41) is 11.1. The number of aromatic nitrogens is 2. The first kappa shape index (κ1) is 22.4. The van der Waals surface area contributed by atoms with Crippen LogP contribution in [0.25, 0.3) is 16.6 Å². The molecule has 9 nitrogen and oxygen atoms in total. The fourth-order valence-electron chi connectivity index (χ4n) is 3.29. The largest absolute Gasteiger partial charge is 0.277 e. The molecule has 0 aliphatic carbocycles. The summed E-state index contributed by atoms with van der Waals surface area (Å²) in [6.45, 7) is 1.59. The van der Waals surface area contributed by atoms with E-state index in [1.807, 2.05) is 0 Å². The molecule has 0 radical (unpaired) electrons. The third-order valence-electron chi connectivity index (χ3n) is 4.81. The lowest BCUT2D eigenvalue weighted by Gasteiger charge is -2.14. The van der Waals surface area contributed by atoms with Crippen molar-refractivity contribution in [2.45, 2.75) is 11.8 Å². The van der Waals surface area contributed by atoms with Crippen molar-refractivity contribution >= 4 is 43.9 Å². The molecule has 0 aliphatic heterocycles. The summed E-state index contributed by atoms with van der Waals surface area (Å²) in [4.78, 5) is 27.0. The van der Waals surface area contributed by atoms with Gasteiger partial charge < -0.3 is 0 Å². The number of anilines is 1. The van der Waals surface area contributed by atoms with Gasteiger partial charge in [-0.25, -0.2) is 17.8 Å². The molecule has 0 saturated carbocycles. The van der Waals surface area contributed by atoms with Crippen LogP contribution in [0.3, 0.4) is 0 Å². The number of para-hydroxylation sites is 1. The van der Waals surface area contributed by atoms with Crippen molar-refractivity contribution in [3.8, 4) is 5.69 Å². The number of nitrogens with one attached hydrogen (secondary N) is 1. The summed E-state index contributed by atoms with van der Waals surface area (Å²) in [5.41, 5.74) is -0.743. The Morgan fingerprint density at radius 2 is 1.85 bits per heavy atom. The lowest BCUT2D eigenvalue weighted by atomic mass is 10.2. The first-order chi connectivity index (χ1) is 15.6. The van der Waals surface area contributed by atoms with Gasteiger partial charge in [-0.2, -0.15) is 0 Å². The van der Waals surface area contributed by atoms with Gasteiger partial charge >= 0.3 is 0 Å². The Morgan fingerprint density at radius 1 is 1.12 bits per heavy atom. The third-order valence-corrected chi connectivity index (χ3v) is 6.66. The van der Waals surface area contributed by atoms with Gasteiger partial charge in [0.15, 0.2) is 0 Å². The summed E-state index contributed by atoms with van der Waals surface area (Å²) >= 11 is 5.93. The minimum Gasteiger partial charge on any atom is -0.277 e. The number of benzene rings is 3. The molecule has 0 atom stereocenters. The second-order valence-electron chi connectivity index (χ2n) is 6.96. The van der Waals surface area contributed by atoms with E-state index in [-0.39, 0.29) is 10.7 Å². The summed E-state index contributed by atoms with van der Waals surface area (Å²) in [7, 11) is -4.51. The first-order valence-electron chi connectivity index (χ1n) is 9.33. The van der Waals surface area contributed by atoms with Gasteiger partial charge in [0.25, 0.3) is 21.3 Å². The number of nitro groups is 1. The maximum Gasteiger partial charge on any atom is 0.270 e. The molecule has 1 aromatic heterocycles. The monoisotopic (exact) mass is 488 g/mol. The van der Waals surface area contributed by atoms with Crippen molar-refractivity contribution in [3.05, 3.63) is 97.8 Å². The number of fused-ring (bicyclic) bond motifs is 1. The Balaban J connectivity index is 1.82. The van der Waals surface area contributed by atoms with E-state index in [2.05, 4.69) is 9.71 Å². The van der Waals surface area contributed by atoms with E-state index in [9.17, 15) is 27.7 Å². The quantitative estimate of drug-likeness (QED) is 0.331. The van der Waals surface area contributed by atoms with Gasteiger partial charge in [-0.3, -0.25) is 24.2 Å². The van der Waals surface area contributed by atoms with Gasteiger partial charge in [-0.05, 0) is 43.3 Å². The van der Waals surface area contributed by atoms with E-state index < -0.39 is 42.6 Å². The standard InChI is InChI=1S/C21H14ClFN4O5S/c1-12-24-18-5-3-2-4-15(18)21(28)26(12)13-7-9-17(23)19(10-13)25-33(31,32)20-11-14(27(29)30)6-8-16(20)22/h2-11,25H,1H3. The van der Waals surface area contributed by atoms with Gasteiger partial charge in [0, 0.05) is 12.1 Å². The molecule has 4 rings (SSSR count). The number of halogens is 2. The number of sulfonamides is 1. The van der Waals surface area contributed by atoms with Crippen LogP contribution in [0.2, 0.25) is 5.02 Å². The van der Waals surface area contributed by atoms with Crippen LogP contribution in [0.5, 0.6) is 0 Å². The highest BCUT2D eigenvalue weighted by Crippen LogP contribution is 2.29. The Bertz CT molecular complexity index is 1600. The molecule has 0 aliphatic rings. The molecule has 12 heteroatoms. The van der Waals surface area contributed by atoms with Gasteiger partial charge in [-0.15, -0.1) is 0 Å². The molecule has 33 heavy (non-hydrogen) atoms. The number of hydrogen-bond acceptors (Lipinski definition) is 6. The van der Waals surface area contributed by atoms with Crippen LogP contribution >= 0.6 is 11.6 Å². The molecule has 168 valence electrons. The minimum atomic E-state index is -4.51. The zero-order valence-corrected chi connectivity index (χ0v) is 18.4. The maximum absolute atomic E-state index is 14.5. The predicted molar refractivity (Wildman–Crippen MR) is 121 cm³/mol. The Labute approximate surface area is 191 Å². The van der Waals surface area contributed by atoms with E-state index in [4.69, 9.17) is 11.6 Å².